The molecule has 0 aliphatic heterocycles. The van der Waals surface area contributed by atoms with E-state index in [1.807, 2.05) is 13.0 Å². The number of fused-ring (bicyclic) bond motifs is 1. The number of aryl methyl sites for hydroxylation is 1. The molecule has 2 heterocycles. The lowest BCUT2D eigenvalue weighted by Gasteiger charge is -2.21. The molecule has 1 aliphatic carbocycles. The quantitative estimate of drug-likeness (QED) is 0.624. The molecule has 0 bridgehead atoms. The molecule has 30 heavy (non-hydrogen) atoms. The van der Waals surface area contributed by atoms with E-state index in [4.69, 9.17) is 5.73 Å². The summed E-state index contributed by atoms with van der Waals surface area (Å²) in [6.45, 7) is 1.84. The van der Waals surface area contributed by atoms with E-state index in [0.717, 1.165) is 10.3 Å². The number of carbonyl (C=O) groups is 2. The number of carbonyl (C=O) groups excluding carboxylic acids is 2. The number of rotatable bonds is 5. The smallest absolute Gasteiger partial charge is 0.366 e. The third-order valence-electron chi connectivity index (χ3n) is 5.13. The van der Waals surface area contributed by atoms with Crippen LogP contribution in [0.3, 0.4) is 0 Å². The Morgan fingerprint density at radius 2 is 2.00 bits per heavy atom. The first-order valence-electron chi connectivity index (χ1n) is 9.32. The number of nitrogens with zero attached hydrogens (tertiary/aromatic N) is 1. The van der Waals surface area contributed by atoms with Crippen LogP contribution in [-0.4, -0.2) is 29.0 Å². The molecule has 1 aromatic carbocycles. The first-order chi connectivity index (χ1) is 14.1. The molecule has 2 amide bonds. The minimum atomic E-state index is -4.49. The molecular weight excluding hydrogens is 415 g/mol. The molecule has 1 aliphatic rings. The Kier molecular flexibility index (Phi) is 5.01. The zero-order valence-corrected chi connectivity index (χ0v) is 16.7. The molecular formula is C21H18F3N3O2S. The fourth-order valence-electron chi connectivity index (χ4n) is 3.42. The van der Waals surface area contributed by atoms with Crippen molar-refractivity contribution in [2.75, 3.05) is 0 Å². The molecule has 0 radical (unpaired) electrons. The molecule has 3 N–H and O–H groups in total. The number of nitrogens with one attached hydrogen (secondary N) is 1. The van der Waals surface area contributed by atoms with Crippen molar-refractivity contribution in [2.45, 2.75) is 32.0 Å². The van der Waals surface area contributed by atoms with Crippen LogP contribution >= 0.6 is 11.3 Å². The van der Waals surface area contributed by atoms with Crippen molar-refractivity contribution in [3.8, 4) is 11.3 Å². The third kappa shape index (κ3) is 3.89. The van der Waals surface area contributed by atoms with E-state index in [9.17, 15) is 22.8 Å². The SMILES string of the molecule is Cc1cc(-c2cccc(C(N)=O)c2)nc2c(C(=O)NC(C3CC3)C(F)(F)F)csc12. The van der Waals surface area contributed by atoms with Gasteiger partial charge in [0.15, 0.2) is 0 Å². The van der Waals surface area contributed by atoms with E-state index in [-0.39, 0.29) is 5.56 Å². The largest absolute Gasteiger partial charge is 0.408 e. The maximum atomic E-state index is 13.3. The Labute approximate surface area is 174 Å². The molecule has 1 unspecified atom stereocenters. The molecule has 9 heteroatoms. The van der Waals surface area contributed by atoms with Gasteiger partial charge in [0, 0.05) is 16.5 Å². The normalized spacial score (nSPS) is 15.2. The zero-order valence-electron chi connectivity index (χ0n) is 15.9. The maximum Gasteiger partial charge on any atom is 0.408 e. The number of hydrogen-bond acceptors (Lipinski definition) is 4. The van der Waals surface area contributed by atoms with Crippen LogP contribution in [0.5, 0.6) is 0 Å². The van der Waals surface area contributed by atoms with Gasteiger partial charge in [-0.05, 0) is 49.4 Å². The first kappa shape index (κ1) is 20.3. The minimum absolute atomic E-state index is 0.112. The second kappa shape index (κ2) is 7.39. The van der Waals surface area contributed by atoms with Gasteiger partial charge >= 0.3 is 6.18 Å². The lowest BCUT2D eigenvalue weighted by molar-refractivity contribution is -0.158. The lowest BCUT2D eigenvalue weighted by atomic mass is 10.0. The van der Waals surface area contributed by atoms with Crippen molar-refractivity contribution >= 4 is 33.4 Å². The Morgan fingerprint density at radius 3 is 2.63 bits per heavy atom. The second-order valence-electron chi connectivity index (χ2n) is 7.43. The predicted molar refractivity (Wildman–Crippen MR) is 108 cm³/mol. The summed E-state index contributed by atoms with van der Waals surface area (Å²) in [7, 11) is 0. The van der Waals surface area contributed by atoms with Crippen molar-refractivity contribution in [1.29, 1.82) is 0 Å². The summed E-state index contributed by atoms with van der Waals surface area (Å²) >= 11 is 1.26. The number of nitrogens with two attached hydrogens (primary N) is 1. The molecule has 5 nitrogen and oxygen atoms in total. The van der Waals surface area contributed by atoms with Gasteiger partial charge in [0.05, 0.1) is 21.5 Å². The van der Waals surface area contributed by atoms with E-state index in [0.29, 0.717) is 35.2 Å². The van der Waals surface area contributed by atoms with Gasteiger partial charge in [-0.15, -0.1) is 11.3 Å². The van der Waals surface area contributed by atoms with Crippen molar-refractivity contribution < 1.29 is 22.8 Å². The summed E-state index contributed by atoms with van der Waals surface area (Å²) in [6.07, 6.45) is -3.59. The van der Waals surface area contributed by atoms with E-state index in [1.165, 1.54) is 16.7 Å². The first-order valence-corrected chi connectivity index (χ1v) is 10.2. The number of halogens is 3. The molecule has 0 saturated heterocycles. The van der Waals surface area contributed by atoms with Crippen LogP contribution in [0.1, 0.15) is 39.1 Å². The summed E-state index contributed by atoms with van der Waals surface area (Å²) in [4.78, 5) is 28.7. The Bertz CT molecular complexity index is 1150. The van der Waals surface area contributed by atoms with Crippen molar-refractivity contribution in [3.63, 3.8) is 0 Å². The Hall–Kier alpha value is -2.94. The molecule has 4 rings (SSSR count). The molecule has 156 valence electrons. The highest BCUT2D eigenvalue weighted by Crippen LogP contribution is 2.40. The minimum Gasteiger partial charge on any atom is -0.366 e. The van der Waals surface area contributed by atoms with Crippen LogP contribution in [-0.2, 0) is 0 Å². The van der Waals surface area contributed by atoms with Crippen molar-refractivity contribution in [1.82, 2.24) is 10.3 Å². The number of aromatic nitrogens is 1. The maximum absolute atomic E-state index is 13.3. The van der Waals surface area contributed by atoms with E-state index in [2.05, 4.69) is 10.3 Å². The van der Waals surface area contributed by atoms with Gasteiger partial charge in [0.2, 0.25) is 5.91 Å². The summed E-state index contributed by atoms with van der Waals surface area (Å²) < 4.78 is 40.7. The molecule has 1 fully saturated rings. The molecule has 3 aromatic rings. The average Bonchev–Trinajstić information content (AvgIpc) is 3.42. The Morgan fingerprint density at radius 1 is 1.27 bits per heavy atom. The number of benzene rings is 1. The van der Waals surface area contributed by atoms with Crippen LogP contribution in [0.25, 0.3) is 21.5 Å². The summed E-state index contributed by atoms with van der Waals surface area (Å²) in [6, 6.07) is 6.55. The topological polar surface area (TPSA) is 85.1 Å². The number of primary amides is 1. The standard InChI is InChI=1S/C21H18F3N3O2S/c1-10-7-15(12-3-2-4-13(8-12)19(25)28)26-16-14(9-30-17(10)16)20(29)27-18(11-5-6-11)21(22,23)24/h2-4,7-9,11,18H,5-6H2,1H3,(H2,25,28)(H,27,29). The summed E-state index contributed by atoms with van der Waals surface area (Å²) in [5.74, 6) is -1.94. The third-order valence-corrected chi connectivity index (χ3v) is 6.23. The lowest BCUT2D eigenvalue weighted by Crippen LogP contribution is -2.46. The van der Waals surface area contributed by atoms with E-state index < -0.39 is 30.0 Å². The predicted octanol–water partition coefficient (Wildman–Crippen LogP) is 4.44. The number of thiophene rings is 1. The van der Waals surface area contributed by atoms with E-state index >= 15 is 0 Å². The van der Waals surface area contributed by atoms with Crippen LogP contribution in [0.15, 0.2) is 35.7 Å². The van der Waals surface area contributed by atoms with Gasteiger partial charge in [-0.2, -0.15) is 13.2 Å². The monoisotopic (exact) mass is 433 g/mol. The number of amides is 2. The average molecular weight is 433 g/mol. The fraction of sp³-hybridized carbons (Fsp3) is 0.286. The van der Waals surface area contributed by atoms with Gasteiger partial charge in [0.25, 0.3) is 5.91 Å². The highest BCUT2D eigenvalue weighted by atomic mass is 32.1. The van der Waals surface area contributed by atoms with Gasteiger partial charge < -0.3 is 11.1 Å². The van der Waals surface area contributed by atoms with Crippen LogP contribution in [0.4, 0.5) is 13.2 Å². The van der Waals surface area contributed by atoms with Gasteiger partial charge in [-0.3, -0.25) is 9.59 Å². The molecule has 0 spiro atoms. The van der Waals surface area contributed by atoms with Crippen molar-refractivity contribution in [2.24, 2.45) is 11.7 Å². The highest BCUT2D eigenvalue weighted by Gasteiger charge is 2.49. The number of alkyl halides is 3. The second-order valence-corrected chi connectivity index (χ2v) is 8.31. The Balaban J connectivity index is 1.73. The summed E-state index contributed by atoms with van der Waals surface area (Å²) in [5, 5.41) is 3.69. The van der Waals surface area contributed by atoms with Crippen molar-refractivity contribution in [3.05, 3.63) is 52.4 Å². The van der Waals surface area contributed by atoms with Crippen LogP contribution in [0.2, 0.25) is 0 Å². The molecule has 1 saturated carbocycles. The van der Waals surface area contributed by atoms with Gasteiger partial charge in [-0.25, -0.2) is 4.98 Å². The van der Waals surface area contributed by atoms with Gasteiger partial charge in [-0.1, -0.05) is 12.1 Å². The number of pyridine rings is 1. The highest BCUT2D eigenvalue weighted by molar-refractivity contribution is 7.17. The fourth-order valence-corrected chi connectivity index (χ4v) is 4.39. The van der Waals surface area contributed by atoms with E-state index in [1.54, 1.807) is 24.3 Å². The van der Waals surface area contributed by atoms with Gasteiger partial charge in [0.1, 0.15) is 6.04 Å². The molecule has 2 aromatic heterocycles. The zero-order chi connectivity index (χ0) is 21.6. The van der Waals surface area contributed by atoms with Crippen LogP contribution in [0, 0.1) is 12.8 Å². The number of hydrogen-bond donors (Lipinski definition) is 2. The molecule has 1 atom stereocenters. The van der Waals surface area contributed by atoms with Crippen LogP contribution < -0.4 is 11.1 Å². The summed E-state index contributed by atoms with van der Waals surface area (Å²) in [5.41, 5.74) is 8.06.